The Bertz CT molecular complexity index is 692. The third-order valence-corrected chi connectivity index (χ3v) is 7.36. The third kappa shape index (κ3) is 10.4. The van der Waals surface area contributed by atoms with Gasteiger partial charge in [0, 0.05) is 35.6 Å². The number of carbonyl (C=O) groups excluding carboxylic acids is 1. The van der Waals surface area contributed by atoms with Gasteiger partial charge in [-0.05, 0) is 20.3 Å². The summed E-state index contributed by atoms with van der Waals surface area (Å²) in [4.78, 5) is 32.9. The summed E-state index contributed by atoms with van der Waals surface area (Å²) < 4.78 is 0. The number of aliphatic hydroxyl groups excluding tert-OH is 1. The van der Waals surface area contributed by atoms with Gasteiger partial charge in [0.05, 0.1) is 12.1 Å². The van der Waals surface area contributed by atoms with Crippen LogP contribution in [0.5, 0.6) is 0 Å². The summed E-state index contributed by atoms with van der Waals surface area (Å²) >= 11 is 0. The molecule has 0 aromatic carbocycles. The minimum Gasteiger partial charge on any atom is -0.396 e. The van der Waals surface area contributed by atoms with Crippen LogP contribution in [0.25, 0.3) is 0 Å². The number of carbonyl (C=O) groups is 1. The Morgan fingerprint density at radius 3 is 2.55 bits per heavy atom. The summed E-state index contributed by atoms with van der Waals surface area (Å²) in [5, 5.41) is 9.42. The van der Waals surface area contributed by atoms with Crippen LogP contribution in [0.3, 0.4) is 0 Å². The van der Waals surface area contributed by atoms with Crippen LogP contribution in [0, 0.1) is 6.92 Å². The Hall–Kier alpha value is -1.25. The lowest BCUT2D eigenvalue weighted by molar-refractivity contribution is -0.116. The normalized spacial score (nSPS) is 12.0. The Balaban J connectivity index is 2.58. The Morgan fingerprint density at radius 1 is 1.24 bits per heavy atom. The molecule has 0 atom stereocenters. The highest BCUT2D eigenvalue weighted by Crippen LogP contribution is 2.36. The predicted octanol–water partition coefficient (Wildman–Crippen LogP) is 4.78. The van der Waals surface area contributed by atoms with E-state index in [1.165, 1.54) is 56.0 Å². The van der Waals surface area contributed by atoms with Crippen LogP contribution in [0.15, 0.2) is 21.6 Å². The van der Waals surface area contributed by atoms with Crippen LogP contribution < -0.4 is 5.56 Å². The van der Waals surface area contributed by atoms with Crippen LogP contribution in [-0.2, 0) is 11.3 Å². The fourth-order valence-electron chi connectivity index (χ4n) is 2.82. The molecule has 0 unspecified atom stereocenters. The molecule has 164 valence electrons. The molecule has 1 amide bonds. The molecule has 0 radical (unpaired) electrons. The summed E-state index contributed by atoms with van der Waals surface area (Å²) in [6.45, 7) is 5.99. The van der Waals surface area contributed by atoms with Crippen molar-refractivity contribution in [3.63, 3.8) is 0 Å². The van der Waals surface area contributed by atoms with Gasteiger partial charge in [-0.2, -0.15) is 0 Å². The number of H-pyrrole nitrogens is 1. The van der Waals surface area contributed by atoms with E-state index >= 15 is 0 Å². The van der Waals surface area contributed by atoms with Crippen LogP contribution in [0.1, 0.15) is 76.6 Å². The zero-order chi connectivity index (χ0) is 21.5. The number of hydrogen-bond acceptors (Lipinski definition) is 6. The van der Waals surface area contributed by atoms with Crippen molar-refractivity contribution >= 4 is 28.0 Å². The van der Waals surface area contributed by atoms with Gasteiger partial charge in [-0.15, -0.1) is 0 Å². The summed E-state index contributed by atoms with van der Waals surface area (Å²) in [7, 11) is 3.38. The molecule has 6 nitrogen and oxygen atoms in total. The van der Waals surface area contributed by atoms with E-state index in [4.69, 9.17) is 0 Å². The quantitative estimate of drug-likeness (QED) is 0.218. The molecule has 0 saturated carbocycles. The topological polar surface area (TPSA) is 86.3 Å². The molecule has 1 heterocycles. The SMILES string of the molecule is CCCCCCCCCSS/C(CCO)=C(/C)N(C=O)Cc1cnc(C)[nH]c1=O. The van der Waals surface area contributed by atoms with Gasteiger partial charge in [0.25, 0.3) is 5.56 Å². The average Bonchev–Trinajstić information content (AvgIpc) is 2.70. The number of allylic oxidation sites excluding steroid dienone is 1. The van der Waals surface area contributed by atoms with E-state index in [1.807, 2.05) is 6.92 Å². The van der Waals surface area contributed by atoms with E-state index in [9.17, 15) is 14.7 Å². The fraction of sp³-hybridized carbons (Fsp3) is 0.667. The summed E-state index contributed by atoms with van der Waals surface area (Å²) in [5.41, 5.74) is 0.971. The second-order valence-corrected chi connectivity index (χ2v) is 9.58. The number of amides is 1. The van der Waals surface area contributed by atoms with Crippen molar-refractivity contribution in [3.8, 4) is 0 Å². The van der Waals surface area contributed by atoms with Gasteiger partial charge >= 0.3 is 0 Å². The first-order chi connectivity index (χ1) is 14.0. The number of unbranched alkanes of at least 4 members (excludes halogenated alkanes) is 6. The summed E-state index contributed by atoms with van der Waals surface area (Å²) in [5.74, 6) is 1.59. The molecule has 0 saturated heterocycles. The molecular weight excluding hydrogens is 406 g/mol. The average molecular weight is 442 g/mol. The predicted molar refractivity (Wildman–Crippen MR) is 124 cm³/mol. The van der Waals surface area contributed by atoms with Crippen molar-refractivity contribution < 1.29 is 9.90 Å². The lowest BCUT2D eigenvalue weighted by Gasteiger charge is -2.21. The number of aliphatic hydroxyl groups is 1. The first-order valence-corrected chi connectivity index (χ1v) is 12.7. The van der Waals surface area contributed by atoms with Gasteiger partial charge in [-0.3, -0.25) is 9.59 Å². The lowest BCUT2D eigenvalue weighted by atomic mass is 10.1. The van der Waals surface area contributed by atoms with Crippen LogP contribution in [-0.4, -0.2) is 38.7 Å². The maximum atomic E-state index is 12.1. The van der Waals surface area contributed by atoms with Crippen molar-refractivity contribution in [2.75, 3.05) is 12.4 Å². The van der Waals surface area contributed by atoms with Gasteiger partial charge in [-0.1, -0.05) is 67.0 Å². The van der Waals surface area contributed by atoms with Gasteiger partial charge in [0.15, 0.2) is 0 Å². The maximum Gasteiger partial charge on any atom is 0.255 e. The molecule has 1 rings (SSSR count). The molecule has 1 aromatic heterocycles. The number of hydrogen-bond donors (Lipinski definition) is 2. The molecule has 0 aliphatic rings. The van der Waals surface area contributed by atoms with Crippen molar-refractivity contribution in [3.05, 3.63) is 38.5 Å². The number of aromatic nitrogens is 2. The van der Waals surface area contributed by atoms with Crippen molar-refractivity contribution in [1.29, 1.82) is 0 Å². The van der Waals surface area contributed by atoms with E-state index in [2.05, 4.69) is 16.9 Å². The second-order valence-electron chi connectivity index (χ2n) is 7.07. The van der Waals surface area contributed by atoms with Crippen LogP contribution in [0.4, 0.5) is 0 Å². The fourth-order valence-corrected chi connectivity index (χ4v) is 5.42. The van der Waals surface area contributed by atoms with Crippen LogP contribution >= 0.6 is 21.6 Å². The largest absolute Gasteiger partial charge is 0.396 e. The molecule has 0 spiro atoms. The Kier molecular flexibility index (Phi) is 13.8. The van der Waals surface area contributed by atoms with E-state index in [0.717, 1.165) is 22.8 Å². The number of nitrogens with zero attached hydrogens (tertiary/aromatic N) is 2. The number of aromatic amines is 1. The first-order valence-electron chi connectivity index (χ1n) is 10.4. The van der Waals surface area contributed by atoms with E-state index < -0.39 is 0 Å². The van der Waals surface area contributed by atoms with Crippen molar-refractivity contribution in [2.24, 2.45) is 0 Å². The number of nitrogens with one attached hydrogen (secondary N) is 1. The lowest BCUT2D eigenvalue weighted by Crippen LogP contribution is -2.26. The highest BCUT2D eigenvalue weighted by molar-refractivity contribution is 8.78. The van der Waals surface area contributed by atoms with Gasteiger partial charge in [0.2, 0.25) is 6.41 Å². The molecular formula is C21H35N3O3S2. The van der Waals surface area contributed by atoms with Gasteiger partial charge < -0.3 is 15.0 Å². The zero-order valence-electron chi connectivity index (χ0n) is 17.9. The van der Waals surface area contributed by atoms with E-state index in [-0.39, 0.29) is 18.7 Å². The molecule has 29 heavy (non-hydrogen) atoms. The third-order valence-electron chi connectivity index (χ3n) is 4.63. The van der Waals surface area contributed by atoms with Gasteiger partial charge in [-0.25, -0.2) is 4.98 Å². The maximum absolute atomic E-state index is 12.1. The van der Waals surface area contributed by atoms with E-state index in [0.29, 0.717) is 17.8 Å². The first kappa shape index (κ1) is 25.8. The second kappa shape index (κ2) is 15.6. The molecule has 2 N–H and O–H groups in total. The highest BCUT2D eigenvalue weighted by Gasteiger charge is 2.14. The molecule has 0 aliphatic carbocycles. The Labute approximate surface area is 182 Å². The zero-order valence-corrected chi connectivity index (χ0v) is 19.5. The molecule has 8 heteroatoms. The minimum absolute atomic E-state index is 0.0248. The van der Waals surface area contributed by atoms with E-state index in [1.54, 1.807) is 28.5 Å². The molecule has 0 bridgehead atoms. The van der Waals surface area contributed by atoms with Gasteiger partial charge in [0.1, 0.15) is 5.82 Å². The van der Waals surface area contributed by atoms with Crippen molar-refractivity contribution in [2.45, 2.75) is 78.7 Å². The molecule has 1 aromatic rings. The molecule has 0 fully saturated rings. The smallest absolute Gasteiger partial charge is 0.255 e. The summed E-state index contributed by atoms with van der Waals surface area (Å²) in [6, 6.07) is 0. The molecule has 0 aliphatic heterocycles. The standard InChI is InChI=1S/C21H35N3O3S2/c1-4-5-6-7-8-9-10-13-28-29-20(11-12-25)17(2)24(16-26)15-19-14-22-18(3)23-21(19)27/h14,16,25H,4-13,15H2,1-3H3,(H,22,23,27)/b20-17-. The van der Waals surface area contributed by atoms with Crippen LogP contribution in [0.2, 0.25) is 0 Å². The number of aryl methyl sites for hydroxylation is 1. The number of rotatable bonds is 16. The summed E-state index contributed by atoms with van der Waals surface area (Å²) in [6.07, 6.45) is 11.7. The monoisotopic (exact) mass is 441 g/mol. The van der Waals surface area contributed by atoms with Crippen molar-refractivity contribution in [1.82, 2.24) is 14.9 Å². The Morgan fingerprint density at radius 2 is 1.93 bits per heavy atom. The minimum atomic E-state index is -0.234. The highest BCUT2D eigenvalue weighted by atomic mass is 33.1.